The van der Waals surface area contributed by atoms with Crippen molar-refractivity contribution in [2.75, 3.05) is 26.7 Å². The molecule has 0 aromatic carbocycles. The van der Waals surface area contributed by atoms with Gasteiger partial charge < -0.3 is 10.2 Å². The molecule has 2 aliphatic rings. The molecule has 1 aliphatic heterocycles. The van der Waals surface area contributed by atoms with Crippen LogP contribution in [-0.4, -0.2) is 37.6 Å². The molecule has 2 nitrogen and oxygen atoms in total. The van der Waals surface area contributed by atoms with Crippen LogP contribution in [0.25, 0.3) is 0 Å². The van der Waals surface area contributed by atoms with Crippen LogP contribution in [0.3, 0.4) is 0 Å². The molecule has 1 saturated heterocycles. The molecule has 1 fully saturated rings. The van der Waals surface area contributed by atoms with Crippen molar-refractivity contribution in [1.82, 2.24) is 10.2 Å². The first-order chi connectivity index (χ1) is 8.13. The molecule has 2 unspecified atom stereocenters. The first-order valence-electron chi connectivity index (χ1n) is 7.22. The van der Waals surface area contributed by atoms with E-state index >= 15 is 0 Å². The average Bonchev–Trinajstić information content (AvgIpc) is 2.27. The number of nitrogens with one attached hydrogen (secondary N) is 1. The third kappa shape index (κ3) is 4.11. The van der Waals surface area contributed by atoms with Gasteiger partial charge in [-0.2, -0.15) is 0 Å². The van der Waals surface area contributed by atoms with Gasteiger partial charge in [0.15, 0.2) is 0 Å². The van der Waals surface area contributed by atoms with Gasteiger partial charge in [-0.05, 0) is 71.1 Å². The maximum absolute atomic E-state index is 3.80. The number of piperidine rings is 1. The Balaban J connectivity index is 1.70. The molecule has 0 saturated carbocycles. The van der Waals surface area contributed by atoms with Crippen LogP contribution in [0.15, 0.2) is 11.6 Å². The Labute approximate surface area is 106 Å². The minimum Gasteiger partial charge on any atom is -0.314 e. The molecule has 0 aromatic heterocycles. The fourth-order valence-electron chi connectivity index (χ4n) is 3.39. The van der Waals surface area contributed by atoms with E-state index in [0.717, 1.165) is 17.9 Å². The van der Waals surface area contributed by atoms with E-state index in [0.29, 0.717) is 0 Å². The highest BCUT2D eigenvalue weighted by molar-refractivity contribution is 5.06. The van der Waals surface area contributed by atoms with Crippen LogP contribution in [0.4, 0.5) is 0 Å². The van der Waals surface area contributed by atoms with Crippen LogP contribution >= 0.6 is 0 Å². The molecule has 0 aromatic rings. The van der Waals surface area contributed by atoms with E-state index in [4.69, 9.17) is 0 Å². The second kappa shape index (κ2) is 6.01. The van der Waals surface area contributed by atoms with Gasteiger partial charge in [-0.3, -0.25) is 0 Å². The number of hydrogen-bond donors (Lipinski definition) is 1. The molecule has 98 valence electrons. The van der Waals surface area contributed by atoms with Gasteiger partial charge in [0.2, 0.25) is 0 Å². The molecule has 1 heterocycles. The molecule has 17 heavy (non-hydrogen) atoms. The van der Waals surface area contributed by atoms with Crippen molar-refractivity contribution in [2.24, 2.45) is 11.8 Å². The van der Waals surface area contributed by atoms with Crippen LogP contribution in [0.1, 0.15) is 39.5 Å². The summed E-state index contributed by atoms with van der Waals surface area (Å²) in [6.45, 7) is 8.39. The molecular weight excluding hydrogens is 208 g/mol. The zero-order valence-electron chi connectivity index (χ0n) is 11.7. The van der Waals surface area contributed by atoms with Crippen LogP contribution in [0.2, 0.25) is 0 Å². The third-order valence-corrected chi connectivity index (χ3v) is 4.30. The van der Waals surface area contributed by atoms with Crippen molar-refractivity contribution in [3.8, 4) is 0 Å². The summed E-state index contributed by atoms with van der Waals surface area (Å²) in [5.74, 6) is 1.66. The van der Waals surface area contributed by atoms with Crippen molar-refractivity contribution in [3.63, 3.8) is 0 Å². The van der Waals surface area contributed by atoms with Gasteiger partial charge in [0.1, 0.15) is 0 Å². The Kier molecular flexibility index (Phi) is 4.63. The predicted octanol–water partition coefficient (Wildman–Crippen LogP) is 2.66. The Bertz CT molecular complexity index is 264. The Morgan fingerprint density at radius 2 is 2.06 bits per heavy atom. The molecule has 0 bridgehead atoms. The van der Waals surface area contributed by atoms with Gasteiger partial charge in [-0.25, -0.2) is 0 Å². The van der Waals surface area contributed by atoms with Crippen LogP contribution in [0, 0.1) is 11.8 Å². The van der Waals surface area contributed by atoms with E-state index in [1.54, 1.807) is 5.57 Å². The molecule has 0 radical (unpaired) electrons. The van der Waals surface area contributed by atoms with Gasteiger partial charge in [0.05, 0.1) is 0 Å². The average molecular weight is 236 g/mol. The fraction of sp³-hybridized carbons (Fsp3) is 0.867. The first-order valence-corrected chi connectivity index (χ1v) is 7.22. The zero-order chi connectivity index (χ0) is 12.3. The number of likely N-dealkylation sites (tertiary alicyclic amines) is 1. The van der Waals surface area contributed by atoms with Crippen molar-refractivity contribution in [1.29, 1.82) is 0 Å². The topological polar surface area (TPSA) is 15.3 Å². The molecule has 2 atom stereocenters. The van der Waals surface area contributed by atoms with Gasteiger partial charge in [0, 0.05) is 6.04 Å². The Hall–Kier alpha value is -0.340. The monoisotopic (exact) mass is 236 g/mol. The van der Waals surface area contributed by atoms with Crippen molar-refractivity contribution in [3.05, 3.63) is 11.6 Å². The lowest BCUT2D eigenvalue weighted by molar-refractivity contribution is 0.226. The van der Waals surface area contributed by atoms with E-state index in [-0.39, 0.29) is 0 Å². The molecule has 1 aliphatic carbocycles. The quantitative estimate of drug-likeness (QED) is 0.758. The summed E-state index contributed by atoms with van der Waals surface area (Å²) in [5.41, 5.74) is 1.60. The molecule has 2 rings (SSSR count). The Morgan fingerprint density at radius 3 is 2.71 bits per heavy atom. The maximum atomic E-state index is 3.80. The SMILES string of the molecule is CC1=CC(C)CC(CNC2CCN(C)CC2)C1. The summed E-state index contributed by atoms with van der Waals surface area (Å²) in [7, 11) is 2.23. The predicted molar refractivity (Wildman–Crippen MR) is 74.2 cm³/mol. The van der Waals surface area contributed by atoms with Crippen molar-refractivity contribution in [2.45, 2.75) is 45.6 Å². The van der Waals surface area contributed by atoms with Gasteiger partial charge >= 0.3 is 0 Å². The number of allylic oxidation sites excluding steroid dienone is 2. The highest BCUT2D eigenvalue weighted by Gasteiger charge is 2.21. The molecule has 0 spiro atoms. The van der Waals surface area contributed by atoms with Crippen molar-refractivity contribution < 1.29 is 0 Å². The van der Waals surface area contributed by atoms with E-state index in [1.807, 2.05) is 0 Å². The van der Waals surface area contributed by atoms with Crippen LogP contribution in [0.5, 0.6) is 0 Å². The summed E-state index contributed by atoms with van der Waals surface area (Å²) in [6, 6.07) is 0.771. The van der Waals surface area contributed by atoms with Crippen LogP contribution < -0.4 is 5.32 Å². The standard InChI is InChI=1S/C15H28N2/c1-12-8-13(2)10-14(9-12)11-16-15-4-6-17(3)7-5-15/h8,12,14-16H,4-7,9-11H2,1-3H3. The third-order valence-electron chi connectivity index (χ3n) is 4.30. The summed E-state index contributed by atoms with van der Waals surface area (Å²) < 4.78 is 0. The maximum Gasteiger partial charge on any atom is 0.00915 e. The second-order valence-electron chi connectivity index (χ2n) is 6.28. The van der Waals surface area contributed by atoms with Crippen molar-refractivity contribution >= 4 is 0 Å². The first kappa shape index (κ1) is 13.1. The molecule has 0 amide bonds. The molecule has 2 heteroatoms. The minimum atomic E-state index is 0.771. The highest BCUT2D eigenvalue weighted by atomic mass is 15.1. The number of hydrogen-bond acceptors (Lipinski definition) is 2. The van der Waals surface area contributed by atoms with Gasteiger partial charge in [-0.15, -0.1) is 0 Å². The highest BCUT2D eigenvalue weighted by Crippen LogP contribution is 2.27. The van der Waals surface area contributed by atoms with E-state index in [2.05, 4.69) is 37.2 Å². The summed E-state index contributed by atoms with van der Waals surface area (Å²) in [5, 5.41) is 3.80. The lowest BCUT2D eigenvalue weighted by Gasteiger charge is -2.32. The zero-order valence-corrected chi connectivity index (χ0v) is 11.7. The summed E-state index contributed by atoms with van der Waals surface area (Å²) in [4.78, 5) is 2.44. The second-order valence-corrected chi connectivity index (χ2v) is 6.28. The van der Waals surface area contributed by atoms with Crippen LogP contribution in [-0.2, 0) is 0 Å². The largest absolute Gasteiger partial charge is 0.314 e. The van der Waals surface area contributed by atoms with E-state index in [1.165, 1.54) is 45.3 Å². The lowest BCUT2D eigenvalue weighted by atomic mass is 9.83. The van der Waals surface area contributed by atoms with Gasteiger partial charge in [-0.1, -0.05) is 18.6 Å². The minimum absolute atomic E-state index is 0.771. The normalized spacial score (nSPS) is 32.5. The summed E-state index contributed by atoms with van der Waals surface area (Å²) in [6.07, 6.45) is 7.79. The van der Waals surface area contributed by atoms with E-state index in [9.17, 15) is 0 Å². The van der Waals surface area contributed by atoms with Gasteiger partial charge in [0.25, 0.3) is 0 Å². The molecular formula is C15H28N2. The number of nitrogens with zero attached hydrogens (tertiary/aromatic N) is 1. The Morgan fingerprint density at radius 1 is 1.35 bits per heavy atom. The smallest absolute Gasteiger partial charge is 0.00915 e. The number of rotatable bonds is 3. The fourth-order valence-corrected chi connectivity index (χ4v) is 3.39. The lowest BCUT2D eigenvalue weighted by Crippen LogP contribution is -2.42. The summed E-state index contributed by atoms with van der Waals surface area (Å²) >= 11 is 0. The van der Waals surface area contributed by atoms with E-state index < -0.39 is 0 Å². The molecule has 1 N–H and O–H groups in total.